The monoisotopic (exact) mass is 385 g/mol. The zero-order valence-corrected chi connectivity index (χ0v) is 15.7. The fraction of sp³-hybridized carbons (Fsp3) is 0.450. The van der Waals surface area contributed by atoms with E-state index in [1.165, 1.54) is 11.3 Å². The maximum absolute atomic E-state index is 12.6. The van der Waals surface area contributed by atoms with Gasteiger partial charge >= 0.3 is 0 Å². The Balaban J connectivity index is 1.39. The number of thiazole rings is 1. The van der Waals surface area contributed by atoms with Crippen LogP contribution in [0.5, 0.6) is 0 Å². The maximum Gasteiger partial charge on any atom is 0.271 e. The first-order valence-electron chi connectivity index (χ1n) is 9.40. The molecule has 0 aliphatic heterocycles. The van der Waals surface area contributed by atoms with Crippen molar-refractivity contribution in [3.63, 3.8) is 0 Å². The molecule has 3 atom stereocenters. The quantitative estimate of drug-likeness (QED) is 0.737. The summed E-state index contributed by atoms with van der Waals surface area (Å²) < 4.78 is 0. The maximum atomic E-state index is 12.6. The van der Waals surface area contributed by atoms with Crippen molar-refractivity contribution >= 4 is 23.2 Å². The summed E-state index contributed by atoms with van der Waals surface area (Å²) in [4.78, 5) is 29.3. The van der Waals surface area contributed by atoms with Crippen molar-refractivity contribution < 1.29 is 14.7 Å². The molecule has 1 heterocycles. The van der Waals surface area contributed by atoms with E-state index in [4.69, 9.17) is 0 Å². The van der Waals surface area contributed by atoms with Gasteiger partial charge < -0.3 is 15.7 Å². The van der Waals surface area contributed by atoms with Crippen molar-refractivity contribution in [3.8, 4) is 10.6 Å². The first-order valence-corrected chi connectivity index (χ1v) is 10.3. The molecule has 0 spiro atoms. The van der Waals surface area contributed by atoms with Gasteiger partial charge in [0.15, 0.2) is 0 Å². The van der Waals surface area contributed by atoms with Crippen LogP contribution in [-0.2, 0) is 4.79 Å². The van der Waals surface area contributed by atoms with Gasteiger partial charge in [-0.05, 0) is 32.1 Å². The summed E-state index contributed by atoms with van der Waals surface area (Å²) in [7, 11) is 0. The molecule has 0 radical (unpaired) electrons. The SMILES string of the molecule is O=C(N[C@@H]1C[C@@H](C(=O)NC2CC2)CC[C@H]1O)c1csc(-c2ccccc2)n1. The lowest BCUT2D eigenvalue weighted by Gasteiger charge is -2.33. The molecule has 6 nitrogen and oxygen atoms in total. The Morgan fingerprint density at radius 1 is 1.07 bits per heavy atom. The molecule has 7 heteroatoms. The van der Waals surface area contributed by atoms with E-state index in [-0.39, 0.29) is 17.7 Å². The second-order valence-corrected chi connectivity index (χ2v) is 8.20. The van der Waals surface area contributed by atoms with Crippen LogP contribution < -0.4 is 10.6 Å². The van der Waals surface area contributed by atoms with Crippen LogP contribution in [0, 0.1) is 5.92 Å². The van der Waals surface area contributed by atoms with Gasteiger partial charge in [0.25, 0.3) is 5.91 Å². The first-order chi connectivity index (χ1) is 13.1. The zero-order chi connectivity index (χ0) is 18.8. The largest absolute Gasteiger partial charge is 0.391 e. The van der Waals surface area contributed by atoms with Gasteiger partial charge in [0.1, 0.15) is 10.7 Å². The molecule has 0 saturated heterocycles. The molecule has 2 fully saturated rings. The van der Waals surface area contributed by atoms with Crippen LogP contribution >= 0.6 is 11.3 Å². The Bertz CT molecular complexity index is 819. The topological polar surface area (TPSA) is 91.3 Å². The Kier molecular flexibility index (Phi) is 5.22. The molecule has 3 N–H and O–H groups in total. The number of hydrogen-bond acceptors (Lipinski definition) is 5. The van der Waals surface area contributed by atoms with Gasteiger partial charge in [-0.15, -0.1) is 11.3 Å². The Morgan fingerprint density at radius 2 is 1.85 bits per heavy atom. The van der Waals surface area contributed by atoms with Gasteiger partial charge in [-0.25, -0.2) is 4.98 Å². The number of aliphatic hydroxyl groups excluding tert-OH is 1. The number of nitrogens with zero attached hydrogens (tertiary/aromatic N) is 1. The van der Waals surface area contributed by atoms with Crippen LogP contribution in [0.3, 0.4) is 0 Å². The summed E-state index contributed by atoms with van der Waals surface area (Å²) in [6, 6.07) is 9.60. The number of rotatable bonds is 5. The normalized spacial score (nSPS) is 25.0. The average molecular weight is 385 g/mol. The predicted molar refractivity (Wildman–Crippen MR) is 103 cm³/mol. The van der Waals surface area contributed by atoms with Gasteiger partial charge in [0.2, 0.25) is 5.91 Å². The van der Waals surface area contributed by atoms with E-state index in [1.807, 2.05) is 30.3 Å². The number of carbonyl (C=O) groups is 2. The molecule has 2 aliphatic rings. The van der Waals surface area contributed by atoms with Crippen LogP contribution in [0.15, 0.2) is 35.7 Å². The van der Waals surface area contributed by atoms with Gasteiger partial charge in [-0.2, -0.15) is 0 Å². The third-order valence-electron chi connectivity index (χ3n) is 5.18. The van der Waals surface area contributed by atoms with E-state index < -0.39 is 12.1 Å². The van der Waals surface area contributed by atoms with Gasteiger partial charge in [0.05, 0.1) is 12.1 Å². The number of benzene rings is 1. The number of hydrogen-bond donors (Lipinski definition) is 3. The minimum absolute atomic E-state index is 0.0451. The van der Waals surface area contributed by atoms with Crippen LogP contribution in [0.4, 0.5) is 0 Å². The highest BCUT2D eigenvalue weighted by Crippen LogP contribution is 2.28. The minimum Gasteiger partial charge on any atom is -0.391 e. The zero-order valence-electron chi connectivity index (χ0n) is 14.9. The molecule has 27 heavy (non-hydrogen) atoms. The van der Waals surface area contributed by atoms with Crippen molar-refractivity contribution in [2.75, 3.05) is 0 Å². The molecule has 2 aliphatic carbocycles. The third-order valence-corrected chi connectivity index (χ3v) is 6.07. The molecule has 4 rings (SSSR count). The highest BCUT2D eigenvalue weighted by Gasteiger charge is 2.36. The Morgan fingerprint density at radius 3 is 2.59 bits per heavy atom. The van der Waals surface area contributed by atoms with Crippen LogP contribution in [0.25, 0.3) is 10.6 Å². The molecule has 1 aromatic carbocycles. The fourth-order valence-corrected chi connectivity index (χ4v) is 4.23. The van der Waals surface area contributed by atoms with Crippen LogP contribution in [0.1, 0.15) is 42.6 Å². The second-order valence-electron chi connectivity index (χ2n) is 7.34. The lowest BCUT2D eigenvalue weighted by atomic mass is 9.83. The first kappa shape index (κ1) is 18.1. The Labute approximate surface area is 162 Å². The molecule has 1 aromatic heterocycles. The molecule has 2 aromatic rings. The van der Waals surface area contributed by atoms with Crippen molar-refractivity contribution in [1.29, 1.82) is 0 Å². The number of aliphatic hydroxyl groups is 1. The lowest BCUT2D eigenvalue weighted by molar-refractivity contribution is -0.127. The van der Waals surface area contributed by atoms with Crippen molar-refractivity contribution in [2.45, 2.75) is 50.3 Å². The van der Waals surface area contributed by atoms with E-state index in [0.717, 1.165) is 23.4 Å². The minimum atomic E-state index is -0.633. The van der Waals surface area contributed by atoms with Gasteiger partial charge in [0, 0.05) is 22.9 Å². The van der Waals surface area contributed by atoms with Crippen LogP contribution in [0.2, 0.25) is 0 Å². The van der Waals surface area contributed by atoms with Crippen molar-refractivity contribution in [3.05, 3.63) is 41.4 Å². The molecule has 142 valence electrons. The summed E-state index contributed by atoms with van der Waals surface area (Å²) in [5.41, 5.74) is 1.31. The number of carbonyl (C=O) groups excluding carboxylic acids is 2. The second kappa shape index (κ2) is 7.78. The van der Waals surface area contributed by atoms with E-state index in [2.05, 4.69) is 15.6 Å². The van der Waals surface area contributed by atoms with Gasteiger partial charge in [-0.3, -0.25) is 9.59 Å². The number of nitrogens with one attached hydrogen (secondary N) is 2. The summed E-state index contributed by atoms with van der Waals surface area (Å²) in [6.07, 6.45) is 3.09. The summed E-state index contributed by atoms with van der Waals surface area (Å²) in [5, 5.41) is 18.7. The third kappa shape index (κ3) is 4.36. The number of amides is 2. The van der Waals surface area contributed by atoms with E-state index in [9.17, 15) is 14.7 Å². The molecule has 2 saturated carbocycles. The van der Waals surface area contributed by atoms with E-state index in [0.29, 0.717) is 31.0 Å². The van der Waals surface area contributed by atoms with Crippen molar-refractivity contribution in [2.24, 2.45) is 5.92 Å². The summed E-state index contributed by atoms with van der Waals surface area (Å²) >= 11 is 1.41. The molecular weight excluding hydrogens is 362 g/mol. The van der Waals surface area contributed by atoms with E-state index >= 15 is 0 Å². The standard InChI is InChI=1S/C20H23N3O3S/c24-17-9-6-13(18(25)21-14-7-8-14)10-15(17)22-19(26)16-11-27-20(23-16)12-4-2-1-3-5-12/h1-5,11,13-15,17,24H,6-10H2,(H,21,25)(H,22,26)/t13-,15+,17+/m0/s1. The molecule has 0 bridgehead atoms. The predicted octanol–water partition coefficient (Wildman–Crippen LogP) is 2.35. The fourth-order valence-electron chi connectivity index (χ4n) is 3.43. The highest BCUT2D eigenvalue weighted by atomic mass is 32.1. The van der Waals surface area contributed by atoms with Gasteiger partial charge in [-0.1, -0.05) is 30.3 Å². The Hall–Kier alpha value is -2.25. The smallest absolute Gasteiger partial charge is 0.271 e. The number of aromatic nitrogens is 1. The molecular formula is C20H23N3O3S. The molecule has 0 unspecified atom stereocenters. The summed E-state index contributed by atoms with van der Waals surface area (Å²) in [6.45, 7) is 0. The summed E-state index contributed by atoms with van der Waals surface area (Å²) in [5.74, 6) is -0.418. The van der Waals surface area contributed by atoms with Crippen LogP contribution in [-0.4, -0.2) is 40.1 Å². The average Bonchev–Trinajstić information content (AvgIpc) is 3.35. The van der Waals surface area contributed by atoms with E-state index in [1.54, 1.807) is 5.38 Å². The van der Waals surface area contributed by atoms with Crippen molar-refractivity contribution in [1.82, 2.24) is 15.6 Å². The lowest BCUT2D eigenvalue weighted by Crippen LogP contribution is -2.49. The highest BCUT2D eigenvalue weighted by molar-refractivity contribution is 7.13. The molecule has 2 amide bonds.